The molecule has 1 saturated heterocycles. The number of ether oxygens (including phenoxy) is 1. The zero-order valence-corrected chi connectivity index (χ0v) is 15.0. The van der Waals surface area contributed by atoms with E-state index in [1.807, 2.05) is 37.4 Å². The summed E-state index contributed by atoms with van der Waals surface area (Å²) < 4.78 is 5.72. The fourth-order valence-corrected chi connectivity index (χ4v) is 3.22. The molecule has 132 valence electrons. The fourth-order valence-electron chi connectivity index (χ4n) is 3.22. The number of benzene rings is 2. The number of hydrogen-bond acceptors (Lipinski definition) is 2. The van der Waals surface area contributed by atoms with Gasteiger partial charge in [-0.05, 0) is 55.0 Å². The van der Waals surface area contributed by atoms with Crippen LogP contribution in [0.25, 0.3) is 11.1 Å². The van der Waals surface area contributed by atoms with Crippen molar-refractivity contribution in [2.24, 2.45) is 0 Å². The zero-order chi connectivity index (χ0) is 17.6. The third-order valence-electron chi connectivity index (χ3n) is 4.67. The molecule has 1 heterocycles. The van der Waals surface area contributed by atoms with Crippen molar-refractivity contribution < 1.29 is 9.53 Å². The third kappa shape index (κ3) is 4.60. The SMILES string of the molecule is Cc1ccccc1-c1cccc(NC(=O)N(C)CC2CCCCO2)c1. The van der Waals surface area contributed by atoms with E-state index in [0.717, 1.165) is 30.7 Å². The summed E-state index contributed by atoms with van der Waals surface area (Å²) in [6.45, 7) is 3.53. The van der Waals surface area contributed by atoms with Crippen LogP contribution in [0.3, 0.4) is 0 Å². The van der Waals surface area contributed by atoms with Gasteiger partial charge in [0.15, 0.2) is 0 Å². The lowest BCUT2D eigenvalue weighted by Gasteiger charge is -2.27. The molecule has 1 aliphatic heterocycles. The van der Waals surface area contributed by atoms with Gasteiger partial charge >= 0.3 is 6.03 Å². The molecule has 2 amide bonds. The van der Waals surface area contributed by atoms with Crippen molar-refractivity contribution in [2.45, 2.75) is 32.3 Å². The number of rotatable bonds is 4. The zero-order valence-electron chi connectivity index (χ0n) is 15.0. The van der Waals surface area contributed by atoms with Crippen LogP contribution in [0.5, 0.6) is 0 Å². The molecule has 1 unspecified atom stereocenters. The monoisotopic (exact) mass is 338 g/mol. The van der Waals surface area contributed by atoms with Crippen molar-refractivity contribution in [3.05, 3.63) is 54.1 Å². The molecule has 2 aromatic carbocycles. The van der Waals surface area contributed by atoms with E-state index in [2.05, 4.69) is 30.4 Å². The number of carbonyl (C=O) groups is 1. The molecule has 4 heteroatoms. The Morgan fingerprint density at radius 2 is 2.04 bits per heavy atom. The van der Waals surface area contributed by atoms with Crippen LogP contribution in [-0.4, -0.2) is 37.2 Å². The second-order valence-electron chi connectivity index (χ2n) is 6.69. The number of urea groups is 1. The van der Waals surface area contributed by atoms with Gasteiger partial charge in [0.1, 0.15) is 0 Å². The van der Waals surface area contributed by atoms with Gasteiger partial charge in [-0.3, -0.25) is 0 Å². The standard InChI is InChI=1S/C21H26N2O2/c1-16-8-3-4-12-20(16)17-9-7-10-18(14-17)22-21(24)23(2)15-19-11-5-6-13-25-19/h3-4,7-10,12,14,19H,5-6,11,13,15H2,1-2H3,(H,22,24). The van der Waals surface area contributed by atoms with Crippen LogP contribution in [0.1, 0.15) is 24.8 Å². The first-order valence-corrected chi connectivity index (χ1v) is 8.93. The van der Waals surface area contributed by atoms with Gasteiger partial charge in [-0.25, -0.2) is 4.79 Å². The summed E-state index contributed by atoms with van der Waals surface area (Å²) in [6.07, 6.45) is 3.49. The van der Waals surface area contributed by atoms with Crippen LogP contribution in [0, 0.1) is 6.92 Å². The van der Waals surface area contributed by atoms with Gasteiger partial charge < -0.3 is 15.0 Å². The highest BCUT2D eigenvalue weighted by Crippen LogP contribution is 2.25. The van der Waals surface area contributed by atoms with Crippen molar-refractivity contribution in [3.63, 3.8) is 0 Å². The minimum Gasteiger partial charge on any atom is -0.376 e. The Bertz CT molecular complexity index is 723. The Morgan fingerprint density at radius 3 is 2.80 bits per heavy atom. The van der Waals surface area contributed by atoms with E-state index >= 15 is 0 Å². The first kappa shape index (κ1) is 17.5. The summed E-state index contributed by atoms with van der Waals surface area (Å²) in [5.74, 6) is 0. The molecule has 1 atom stereocenters. The van der Waals surface area contributed by atoms with Crippen LogP contribution in [0.4, 0.5) is 10.5 Å². The number of nitrogens with one attached hydrogen (secondary N) is 1. The van der Waals surface area contributed by atoms with Crippen molar-refractivity contribution in [1.29, 1.82) is 0 Å². The maximum atomic E-state index is 12.5. The summed E-state index contributed by atoms with van der Waals surface area (Å²) >= 11 is 0. The second-order valence-corrected chi connectivity index (χ2v) is 6.69. The van der Waals surface area contributed by atoms with Crippen LogP contribution in [0.15, 0.2) is 48.5 Å². The van der Waals surface area contributed by atoms with Gasteiger partial charge in [0.25, 0.3) is 0 Å². The highest BCUT2D eigenvalue weighted by molar-refractivity contribution is 5.90. The van der Waals surface area contributed by atoms with E-state index in [0.29, 0.717) is 6.54 Å². The summed E-state index contributed by atoms with van der Waals surface area (Å²) in [5, 5.41) is 2.99. The summed E-state index contributed by atoms with van der Waals surface area (Å²) in [6, 6.07) is 16.1. The normalized spacial score (nSPS) is 17.1. The largest absolute Gasteiger partial charge is 0.376 e. The van der Waals surface area contributed by atoms with Crippen molar-refractivity contribution >= 4 is 11.7 Å². The number of hydrogen-bond donors (Lipinski definition) is 1. The van der Waals surface area contributed by atoms with Gasteiger partial charge in [-0.2, -0.15) is 0 Å². The minimum absolute atomic E-state index is 0.101. The minimum atomic E-state index is -0.101. The van der Waals surface area contributed by atoms with E-state index in [1.54, 1.807) is 4.90 Å². The van der Waals surface area contributed by atoms with E-state index in [-0.39, 0.29) is 12.1 Å². The first-order chi connectivity index (χ1) is 12.1. The van der Waals surface area contributed by atoms with Gasteiger partial charge in [-0.1, -0.05) is 36.4 Å². The molecule has 0 bridgehead atoms. The molecule has 0 spiro atoms. The molecule has 3 rings (SSSR count). The quantitative estimate of drug-likeness (QED) is 0.878. The van der Waals surface area contributed by atoms with Crippen molar-refractivity contribution in [1.82, 2.24) is 4.90 Å². The first-order valence-electron chi connectivity index (χ1n) is 8.93. The highest BCUT2D eigenvalue weighted by Gasteiger charge is 2.18. The summed E-state index contributed by atoms with van der Waals surface area (Å²) in [7, 11) is 1.82. The highest BCUT2D eigenvalue weighted by atomic mass is 16.5. The van der Waals surface area contributed by atoms with E-state index in [4.69, 9.17) is 4.74 Å². The predicted molar refractivity (Wildman–Crippen MR) is 102 cm³/mol. The molecular weight excluding hydrogens is 312 g/mol. The Hall–Kier alpha value is -2.33. The maximum Gasteiger partial charge on any atom is 0.321 e. The van der Waals surface area contributed by atoms with Gasteiger partial charge in [0.2, 0.25) is 0 Å². The molecule has 0 aliphatic carbocycles. The van der Waals surface area contributed by atoms with Gasteiger partial charge in [-0.15, -0.1) is 0 Å². The Kier molecular flexibility index (Phi) is 5.71. The molecule has 2 aromatic rings. The second kappa shape index (κ2) is 8.17. The number of aryl methyl sites for hydroxylation is 1. The number of anilines is 1. The molecule has 4 nitrogen and oxygen atoms in total. The molecule has 1 aliphatic rings. The number of amides is 2. The van der Waals surface area contributed by atoms with E-state index in [1.165, 1.54) is 17.5 Å². The van der Waals surface area contributed by atoms with Crippen LogP contribution in [0.2, 0.25) is 0 Å². The van der Waals surface area contributed by atoms with E-state index in [9.17, 15) is 4.79 Å². The molecule has 1 fully saturated rings. The van der Waals surface area contributed by atoms with E-state index < -0.39 is 0 Å². The van der Waals surface area contributed by atoms with Gasteiger partial charge in [0, 0.05) is 25.9 Å². The number of nitrogens with zero attached hydrogens (tertiary/aromatic N) is 1. The molecule has 0 saturated carbocycles. The van der Waals surface area contributed by atoms with Crippen molar-refractivity contribution in [2.75, 3.05) is 25.5 Å². The fraction of sp³-hybridized carbons (Fsp3) is 0.381. The summed E-state index contributed by atoms with van der Waals surface area (Å²) in [5.41, 5.74) is 4.32. The third-order valence-corrected chi connectivity index (χ3v) is 4.67. The molecule has 1 N–H and O–H groups in total. The van der Waals surface area contributed by atoms with Gasteiger partial charge in [0.05, 0.1) is 6.10 Å². The molecule has 0 radical (unpaired) electrons. The molecule has 25 heavy (non-hydrogen) atoms. The Balaban J connectivity index is 1.65. The average molecular weight is 338 g/mol. The lowest BCUT2D eigenvalue weighted by Crippen LogP contribution is -2.39. The number of likely N-dealkylation sites (N-methyl/N-ethyl adjacent to an activating group) is 1. The lowest BCUT2D eigenvalue weighted by atomic mass is 10.0. The van der Waals surface area contributed by atoms with Crippen molar-refractivity contribution in [3.8, 4) is 11.1 Å². The maximum absolute atomic E-state index is 12.5. The predicted octanol–water partition coefficient (Wildman–Crippen LogP) is 4.69. The van der Waals surface area contributed by atoms with Crippen LogP contribution >= 0.6 is 0 Å². The topological polar surface area (TPSA) is 41.6 Å². The lowest BCUT2D eigenvalue weighted by molar-refractivity contribution is 0.00463. The summed E-state index contributed by atoms with van der Waals surface area (Å²) in [4.78, 5) is 14.2. The average Bonchev–Trinajstić information content (AvgIpc) is 2.63. The van der Waals surface area contributed by atoms with Crippen LogP contribution < -0.4 is 5.32 Å². The van der Waals surface area contributed by atoms with Crippen LogP contribution in [-0.2, 0) is 4.74 Å². The molecular formula is C21H26N2O2. The Labute approximate surface area is 149 Å². The Morgan fingerprint density at radius 1 is 1.20 bits per heavy atom. The molecule has 0 aromatic heterocycles. The number of carbonyl (C=O) groups excluding carboxylic acids is 1. The smallest absolute Gasteiger partial charge is 0.321 e.